The standard InChI is InChI=1S/C5H3F5O3/c6-4(7,5(8,9)10)2(11)1-3(12)13/h1H2,(H,12,13). The minimum Gasteiger partial charge on any atom is -0.481 e. The summed E-state index contributed by atoms with van der Waals surface area (Å²) in [5, 5.41) is 7.79. The third-order valence-electron chi connectivity index (χ3n) is 1.02. The second-order valence-corrected chi connectivity index (χ2v) is 2.07. The molecule has 0 unspecified atom stereocenters. The number of hydrogen-bond donors (Lipinski definition) is 1. The van der Waals surface area contributed by atoms with E-state index in [0.717, 1.165) is 0 Å². The molecule has 0 aromatic carbocycles. The summed E-state index contributed by atoms with van der Waals surface area (Å²) in [5.74, 6) is -10.3. The highest BCUT2D eigenvalue weighted by molar-refractivity contribution is 5.99. The molecule has 3 nitrogen and oxygen atoms in total. The number of aliphatic carboxylic acids is 1. The van der Waals surface area contributed by atoms with Crippen LogP contribution >= 0.6 is 0 Å². The van der Waals surface area contributed by atoms with Gasteiger partial charge in [0.1, 0.15) is 6.42 Å². The van der Waals surface area contributed by atoms with Gasteiger partial charge in [0, 0.05) is 0 Å². The van der Waals surface area contributed by atoms with Crippen molar-refractivity contribution in [1.82, 2.24) is 0 Å². The first-order valence-corrected chi connectivity index (χ1v) is 2.78. The van der Waals surface area contributed by atoms with Gasteiger partial charge in [0.2, 0.25) is 5.78 Å². The number of alkyl halides is 5. The van der Waals surface area contributed by atoms with Crippen LogP contribution in [0.4, 0.5) is 22.0 Å². The van der Waals surface area contributed by atoms with Crippen molar-refractivity contribution in [2.24, 2.45) is 0 Å². The third-order valence-corrected chi connectivity index (χ3v) is 1.02. The summed E-state index contributed by atoms with van der Waals surface area (Å²) in [7, 11) is 0. The van der Waals surface area contributed by atoms with Gasteiger partial charge in [0.15, 0.2) is 0 Å². The van der Waals surface area contributed by atoms with E-state index in [-0.39, 0.29) is 0 Å². The molecule has 0 aromatic heterocycles. The molecule has 8 heteroatoms. The van der Waals surface area contributed by atoms with Gasteiger partial charge < -0.3 is 5.11 Å². The lowest BCUT2D eigenvalue weighted by Crippen LogP contribution is -2.44. The van der Waals surface area contributed by atoms with Gasteiger partial charge in [-0.05, 0) is 0 Å². The first kappa shape index (κ1) is 11.8. The summed E-state index contributed by atoms with van der Waals surface area (Å²) in [6.45, 7) is 0. The Kier molecular flexibility index (Phi) is 2.96. The van der Waals surface area contributed by atoms with Gasteiger partial charge in [-0.15, -0.1) is 0 Å². The van der Waals surface area contributed by atoms with E-state index in [0.29, 0.717) is 0 Å². The number of ketones is 1. The van der Waals surface area contributed by atoms with Gasteiger partial charge in [-0.3, -0.25) is 9.59 Å². The van der Waals surface area contributed by atoms with Crippen molar-refractivity contribution in [3.05, 3.63) is 0 Å². The highest BCUT2D eigenvalue weighted by Crippen LogP contribution is 2.36. The quantitative estimate of drug-likeness (QED) is 0.558. The van der Waals surface area contributed by atoms with E-state index >= 15 is 0 Å². The molecule has 0 aliphatic rings. The van der Waals surface area contributed by atoms with Crippen molar-refractivity contribution in [2.45, 2.75) is 18.5 Å². The number of halogens is 5. The lowest BCUT2D eigenvalue weighted by Gasteiger charge is -2.16. The number of rotatable bonds is 3. The molecule has 0 aliphatic carbocycles. The average Bonchev–Trinajstić information content (AvgIpc) is 1.82. The maximum atomic E-state index is 11.9. The Morgan fingerprint density at radius 3 is 1.69 bits per heavy atom. The number of carbonyl (C=O) groups excluding carboxylic acids is 1. The van der Waals surface area contributed by atoms with Crippen molar-refractivity contribution in [2.75, 3.05) is 0 Å². The van der Waals surface area contributed by atoms with E-state index in [1.54, 1.807) is 0 Å². The molecule has 0 amide bonds. The van der Waals surface area contributed by atoms with E-state index in [9.17, 15) is 31.5 Å². The topological polar surface area (TPSA) is 54.4 Å². The maximum Gasteiger partial charge on any atom is 0.461 e. The van der Waals surface area contributed by atoms with Crippen molar-refractivity contribution >= 4 is 11.8 Å². The second-order valence-electron chi connectivity index (χ2n) is 2.07. The molecule has 0 rings (SSSR count). The molecule has 0 spiro atoms. The van der Waals surface area contributed by atoms with Crippen LogP contribution in [0.3, 0.4) is 0 Å². The number of carboxylic acids is 1. The van der Waals surface area contributed by atoms with E-state index in [1.807, 2.05) is 0 Å². The highest BCUT2D eigenvalue weighted by Gasteiger charge is 2.62. The zero-order valence-electron chi connectivity index (χ0n) is 5.86. The van der Waals surface area contributed by atoms with E-state index in [4.69, 9.17) is 5.11 Å². The molecule has 0 radical (unpaired) electrons. The Hall–Kier alpha value is -1.21. The lowest BCUT2D eigenvalue weighted by molar-refractivity contribution is -0.268. The van der Waals surface area contributed by atoms with Crippen LogP contribution in [0.5, 0.6) is 0 Å². The molecular weight excluding hydrogens is 203 g/mol. The molecule has 0 saturated heterocycles. The van der Waals surface area contributed by atoms with Crippen molar-refractivity contribution < 1.29 is 36.6 Å². The molecule has 76 valence electrons. The summed E-state index contributed by atoms with van der Waals surface area (Å²) >= 11 is 0. The van der Waals surface area contributed by atoms with Crippen molar-refractivity contribution in [3.63, 3.8) is 0 Å². The van der Waals surface area contributed by atoms with Crippen LogP contribution in [0.1, 0.15) is 6.42 Å². The molecule has 0 atom stereocenters. The summed E-state index contributed by atoms with van der Waals surface area (Å²) in [4.78, 5) is 19.7. The van der Waals surface area contributed by atoms with Gasteiger partial charge in [-0.25, -0.2) is 0 Å². The van der Waals surface area contributed by atoms with Crippen LogP contribution in [-0.2, 0) is 9.59 Å². The normalized spacial score (nSPS) is 12.7. The second kappa shape index (κ2) is 3.27. The Labute approximate surface area is 68.1 Å². The zero-order chi connectivity index (χ0) is 10.9. The minimum atomic E-state index is -6.04. The van der Waals surface area contributed by atoms with E-state index in [1.165, 1.54) is 0 Å². The monoisotopic (exact) mass is 206 g/mol. The number of Topliss-reactive ketones (excluding diaryl/α,β-unsaturated/α-hetero) is 1. The largest absolute Gasteiger partial charge is 0.481 e. The minimum absolute atomic E-state index is 1.85. The molecule has 0 heterocycles. The molecule has 13 heavy (non-hydrogen) atoms. The molecule has 0 fully saturated rings. The van der Waals surface area contributed by atoms with E-state index in [2.05, 4.69) is 0 Å². The van der Waals surface area contributed by atoms with Crippen LogP contribution < -0.4 is 0 Å². The van der Waals surface area contributed by atoms with Crippen LogP contribution in [0.25, 0.3) is 0 Å². The summed E-state index contributed by atoms with van der Waals surface area (Å²) in [5.41, 5.74) is 0. The molecular formula is C5H3F5O3. The first-order chi connectivity index (χ1) is 5.59. The lowest BCUT2D eigenvalue weighted by atomic mass is 10.1. The Balaban J connectivity index is 4.65. The SMILES string of the molecule is O=C(O)CC(=O)C(F)(F)C(F)(F)F. The molecule has 0 saturated carbocycles. The van der Waals surface area contributed by atoms with Gasteiger partial charge in [-0.1, -0.05) is 0 Å². The Bertz CT molecular complexity index is 231. The third kappa shape index (κ3) is 2.63. The van der Waals surface area contributed by atoms with Gasteiger partial charge in [0.05, 0.1) is 0 Å². The molecule has 0 aliphatic heterocycles. The number of hydrogen-bond acceptors (Lipinski definition) is 2. The fourth-order valence-electron chi connectivity index (χ4n) is 0.406. The highest BCUT2D eigenvalue weighted by atomic mass is 19.4. The zero-order valence-corrected chi connectivity index (χ0v) is 5.86. The number of carboxylic acid groups (broad SMARTS) is 1. The molecule has 1 N–H and O–H groups in total. The van der Waals surface area contributed by atoms with Gasteiger partial charge in [-0.2, -0.15) is 22.0 Å². The van der Waals surface area contributed by atoms with Crippen molar-refractivity contribution in [3.8, 4) is 0 Å². The van der Waals surface area contributed by atoms with Crippen LogP contribution in [0.15, 0.2) is 0 Å². The Morgan fingerprint density at radius 1 is 1.08 bits per heavy atom. The van der Waals surface area contributed by atoms with Crippen LogP contribution in [-0.4, -0.2) is 29.0 Å². The van der Waals surface area contributed by atoms with Gasteiger partial charge in [0.25, 0.3) is 0 Å². The predicted molar refractivity (Wildman–Crippen MR) is 28.3 cm³/mol. The summed E-state index contributed by atoms with van der Waals surface area (Å²) < 4.78 is 58.0. The van der Waals surface area contributed by atoms with Crippen molar-refractivity contribution in [1.29, 1.82) is 0 Å². The van der Waals surface area contributed by atoms with E-state index < -0.39 is 30.3 Å². The Morgan fingerprint density at radius 2 is 1.46 bits per heavy atom. The average molecular weight is 206 g/mol. The smallest absolute Gasteiger partial charge is 0.461 e. The summed E-state index contributed by atoms with van der Waals surface area (Å²) in [6.07, 6.45) is -7.90. The maximum absolute atomic E-state index is 11.9. The van der Waals surface area contributed by atoms with Gasteiger partial charge >= 0.3 is 18.1 Å². The molecule has 0 aromatic rings. The fourth-order valence-corrected chi connectivity index (χ4v) is 0.406. The predicted octanol–water partition coefficient (Wildman–Crippen LogP) is 1.23. The number of carbonyl (C=O) groups is 2. The first-order valence-electron chi connectivity index (χ1n) is 2.78. The molecule has 0 bridgehead atoms. The van der Waals surface area contributed by atoms with Crippen LogP contribution in [0.2, 0.25) is 0 Å². The van der Waals surface area contributed by atoms with Crippen LogP contribution in [0, 0.1) is 0 Å². The summed E-state index contributed by atoms with van der Waals surface area (Å²) in [6, 6.07) is 0. The fraction of sp³-hybridized carbons (Fsp3) is 0.600.